The molecule has 0 radical (unpaired) electrons. The lowest BCUT2D eigenvalue weighted by Crippen LogP contribution is -2.45. The average Bonchev–Trinajstić information content (AvgIpc) is 3.35. The molecule has 2 heterocycles. The third-order valence-corrected chi connectivity index (χ3v) is 6.36. The van der Waals surface area contributed by atoms with Crippen molar-refractivity contribution in [3.8, 4) is 6.07 Å². The number of nitriles is 1. The van der Waals surface area contributed by atoms with Crippen LogP contribution in [0.1, 0.15) is 32.1 Å². The van der Waals surface area contributed by atoms with Crippen LogP contribution in [0.25, 0.3) is 15.6 Å². The predicted molar refractivity (Wildman–Crippen MR) is 131 cm³/mol. The van der Waals surface area contributed by atoms with Gasteiger partial charge in [-0.3, -0.25) is 19.4 Å². The van der Waals surface area contributed by atoms with Crippen LogP contribution >= 0.6 is 0 Å². The van der Waals surface area contributed by atoms with Gasteiger partial charge in [0.2, 0.25) is 17.6 Å². The minimum absolute atomic E-state index is 0.0268. The molecular formula is C26H28N6O2. The summed E-state index contributed by atoms with van der Waals surface area (Å²) >= 11 is 0. The monoisotopic (exact) mass is 456 g/mol. The number of likely N-dealkylation sites (tertiary alicyclic amines) is 2. The predicted octanol–water partition coefficient (Wildman–Crippen LogP) is 3.47. The highest BCUT2D eigenvalue weighted by Crippen LogP contribution is 2.21. The number of carbonyl (C=O) groups excluding carboxylic acids is 2. The van der Waals surface area contributed by atoms with Crippen molar-refractivity contribution in [1.82, 2.24) is 9.80 Å². The van der Waals surface area contributed by atoms with Gasteiger partial charge in [-0.15, -0.1) is 0 Å². The smallest absolute Gasteiger partial charge is 0.341 e. The summed E-state index contributed by atoms with van der Waals surface area (Å²) in [6.45, 7) is 9.53. The number of nitrogens with one attached hydrogen (secondary N) is 1. The number of rotatable bonds is 5. The zero-order chi connectivity index (χ0) is 23.9. The molecule has 34 heavy (non-hydrogen) atoms. The number of amides is 2. The van der Waals surface area contributed by atoms with E-state index in [4.69, 9.17) is 6.57 Å². The Bertz CT molecular complexity index is 1160. The van der Waals surface area contributed by atoms with Crippen molar-refractivity contribution in [3.63, 3.8) is 0 Å². The van der Waals surface area contributed by atoms with Crippen LogP contribution in [0.2, 0.25) is 0 Å². The molecule has 0 bridgehead atoms. The van der Waals surface area contributed by atoms with E-state index in [9.17, 15) is 14.9 Å². The van der Waals surface area contributed by atoms with Gasteiger partial charge < -0.3 is 15.1 Å². The van der Waals surface area contributed by atoms with Crippen LogP contribution in [0.5, 0.6) is 0 Å². The topological polar surface area (TPSA) is 93.2 Å². The van der Waals surface area contributed by atoms with Gasteiger partial charge in [0.05, 0.1) is 6.54 Å². The molecule has 2 atom stereocenters. The molecule has 0 aromatic heterocycles. The van der Waals surface area contributed by atoms with Gasteiger partial charge in [-0.25, -0.2) is 6.57 Å². The van der Waals surface area contributed by atoms with Crippen LogP contribution < -0.4 is 5.32 Å². The highest BCUT2D eigenvalue weighted by molar-refractivity contribution is 6.04. The van der Waals surface area contributed by atoms with Crippen molar-refractivity contribution >= 4 is 34.1 Å². The molecule has 8 nitrogen and oxygen atoms in total. The number of fused-ring (bicyclic) bond motifs is 1. The van der Waals surface area contributed by atoms with Gasteiger partial charge >= 0.3 is 6.04 Å². The van der Waals surface area contributed by atoms with Crippen molar-refractivity contribution in [2.24, 2.45) is 4.99 Å². The number of hydrogen-bond donors (Lipinski definition) is 1. The first-order chi connectivity index (χ1) is 16.6. The fraction of sp³-hybridized carbons (Fsp3) is 0.423. The summed E-state index contributed by atoms with van der Waals surface area (Å²) in [4.78, 5) is 37.4. The maximum absolute atomic E-state index is 13.3. The summed E-state index contributed by atoms with van der Waals surface area (Å²) in [5.41, 5.74) is 0.698. The molecule has 174 valence electrons. The lowest BCUT2D eigenvalue weighted by Gasteiger charge is -2.25. The average molecular weight is 457 g/mol. The van der Waals surface area contributed by atoms with Gasteiger partial charge in [0.15, 0.2) is 6.07 Å². The molecule has 0 aliphatic carbocycles. The molecule has 2 aliphatic heterocycles. The molecule has 2 fully saturated rings. The van der Waals surface area contributed by atoms with Crippen LogP contribution in [0.3, 0.4) is 0 Å². The highest BCUT2D eigenvalue weighted by atomic mass is 16.2. The Morgan fingerprint density at radius 1 is 1.15 bits per heavy atom. The Balaban J connectivity index is 1.57. The van der Waals surface area contributed by atoms with Gasteiger partial charge in [-0.1, -0.05) is 30.3 Å². The molecule has 8 heteroatoms. The van der Waals surface area contributed by atoms with Crippen molar-refractivity contribution < 1.29 is 9.59 Å². The molecule has 2 aromatic carbocycles. The first-order valence-electron chi connectivity index (χ1n) is 11.8. The molecule has 1 N–H and O–H groups in total. The van der Waals surface area contributed by atoms with E-state index in [1.165, 1.54) is 0 Å². The van der Waals surface area contributed by atoms with E-state index < -0.39 is 12.1 Å². The Morgan fingerprint density at radius 3 is 2.62 bits per heavy atom. The molecular weight excluding hydrogens is 428 g/mol. The standard InChI is InChI=1S/C26H28N6O2/c1-28-23(17-27)25(29-21-12-11-19-8-2-3-9-20(19)16-21)30-22-10-4-5-15-32(26(22)34)18-24(33)31-13-6-7-14-31/h2-3,8-9,11-12,16,22-23H,4-7,10,13-15,18H2,(H,29,30). The third-order valence-electron chi connectivity index (χ3n) is 6.36. The third kappa shape index (κ3) is 5.35. The lowest BCUT2D eigenvalue weighted by atomic mass is 10.1. The van der Waals surface area contributed by atoms with Gasteiger partial charge in [-0.2, -0.15) is 5.26 Å². The molecule has 0 saturated carbocycles. The largest absolute Gasteiger partial charge is 0.363 e. The van der Waals surface area contributed by atoms with Crippen LogP contribution in [0.15, 0.2) is 47.5 Å². The van der Waals surface area contributed by atoms with E-state index in [1.807, 2.05) is 53.4 Å². The molecule has 2 aromatic rings. The summed E-state index contributed by atoms with van der Waals surface area (Å²) in [5.74, 6) is -0.0792. The number of hydrogen-bond acceptors (Lipinski definition) is 4. The van der Waals surface area contributed by atoms with E-state index in [-0.39, 0.29) is 24.2 Å². The molecule has 2 amide bonds. The van der Waals surface area contributed by atoms with Crippen molar-refractivity contribution in [1.29, 1.82) is 5.26 Å². The minimum Gasteiger partial charge on any atom is -0.341 e. The van der Waals surface area contributed by atoms with Crippen LogP contribution in [0.4, 0.5) is 5.69 Å². The molecule has 4 rings (SSSR count). The zero-order valence-electron chi connectivity index (χ0n) is 19.1. The number of nitrogens with zero attached hydrogens (tertiary/aromatic N) is 5. The second-order valence-corrected chi connectivity index (χ2v) is 8.72. The van der Waals surface area contributed by atoms with Crippen molar-refractivity contribution in [2.45, 2.75) is 44.2 Å². The van der Waals surface area contributed by atoms with Crippen LogP contribution in [0, 0.1) is 17.9 Å². The van der Waals surface area contributed by atoms with E-state index >= 15 is 0 Å². The molecule has 2 saturated heterocycles. The van der Waals surface area contributed by atoms with Gasteiger partial charge in [-0.05, 0) is 55.0 Å². The Hall–Kier alpha value is -3.91. The number of amidine groups is 1. The molecule has 0 spiro atoms. The maximum atomic E-state index is 13.3. The highest BCUT2D eigenvalue weighted by Gasteiger charge is 2.32. The van der Waals surface area contributed by atoms with E-state index in [0.717, 1.165) is 49.5 Å². The second kappa shape index (κ2) is 10.8. The fourth-order valence-corrected chi connectivity index (χ4v) is 4.50. The first-order valence-corrected chi connectivity index (χ1v) is 11.8. The van der Waals surface area contributed by atoms with Crippen LogP contribution in [-0.2, 0) is 9.59 Å². The lowest BCUT2D eigenvalue weighted by molar-refractivity contribution is -0.140. The summed E-state index contributed by atoms with van der Waals surface area (Å²) in [7, 11) is 0. The Morgan fingerprint density at radius 2 is 1.88 bits per heavy atom. The minimum atomic E-state index is -1.15. The van der Waals surface area contributed by atoms with Gasteiger partial charge in [0.25, 0.3) is 0 Å². The number of benzene rings is 2. The Labute approximate surface area is 199 Å². The fourth-order valence-electron chi connectivity index (χ4n) is 4.50. The maximum Gasteiger partial charge on any atom is 0.363 e. The quantitative estimate of drug-likeness (QED) is 0.424. The van der Waals surface area contributed by atoms with Crippen molar-refractivity contribution in [2.75, 3.05) is 31.5 Å². The Kier molecular flexibility index (Phi) is 7.39. The number of aliphatic imine (C=N–C) groups is 1. The SMILES string of the molecule is [C-]#[N+]C(C#N)C(=NC1CCCCN(CC(=O)N2CCCC2)C1=O)Nc1ccc2ccccc2c1. The molecule has 2 unspecified atom stereocenters. The van der Waals surface area contributed by atoms with E-state index in [0.29, 0.717) is 18.7 Å². The normalized spacial score (nSPS) is 19.9. The summed E-state index contributed by atoms with van der Waals surface area (Å²) < 4.78 is 0. The van der Waals surface area contributed by atoms with Gasteiger partial charge in [0, 0.05) is 25.3 Å². The van der Waals surface area contributed by atoms with Gasteiger partial charge in [0.1, 0.15) is 6.04 Å². The summed E-state index contributed by atoms with van der Waals surface area (Å²) in [6.07, 6.45) is 4.10. The van der Waals surface area contributed by atoms with Crippen molar-refractivity contribution in [3.05, 3.63) is 53.9 Å². The number of carbonyl (C=O) groups is 2. The first kappa shape index (κ1) is 23.3. The zero-order valence-corrected chi connectivity index (χ0v) is 19.1. The molecule has 2 aliphatic rings. The summed E-state index contributed by atoms with van der Waals surface area (Å²) in [5, 5.41) is 14.8. The summed E-state index contributed by atoms with van der Waals surface area (Å²) in [6, 6.07) is 13.8. The van der Waals surface area contributed by atoms with E-state index in [2.05, 4.69) is 15.2 Å². The second-order valence-electron chi connectivity index (χ2n) is 8.72. The van der Waals surface area contributed by atoms with E-state index in [1.54, 1.807) is 4.90 Å². The number of anilines is 1. The van der Waals surface area contributed by atoms with Crippen LogP contribution in [-0.4, -0.2) is 65.7 Å².